The first kappa shape index (κ1) is 17.1. The standard InChI is InChI=1S/C18H20N4O3S/c23-10-12-5-14(8-19-7-12)13-1-2-17-16(6-13)18(22-21-17)9-20-15-3-4-26(24,25)11-15/h1-2,5-8,15,20,23H,3-4,9-11H2,(H,21,22). The van der Waals surface area contributed by atoms with Gasteiger partial charge in [0.15, 0.2) is 9.84 Å². The molecule has 0 bridgehead atoms. The van der Waals surface area contributed by atoms with E-state index in [4.69, 9.17) is 0 Å². The summed E-state index contributed by atoms with van der Waals surface area (Å²) < 4.78 is 23.2. The molecule has 1 unspecified atom stereocenters. The Morgan fingerprint density at radius 3 is 2.88 bits per heavy atom. The predicted molar refractivity (Wildman–Crippen MR) is 99.1 cm³/mol. The van der Waals surface area contributed by atoms with Crippen LogP contribution in [0.4, 0.5) is 0 Å². The molecule has 0 spiro atoms. The molecule has 0 amide bonds. The van der Waals surface area contributed by atoms with Crippen LogP contribution < -0.4 is 5.32 Å². The molecule has 3 heterocycles. The second-order valence-corrected chi connectivity index (χ2v) is 8.88. The molecule has 3 N–H and O–H groups in total. The second-order valence-electron chi connectivity index (χ2n) is 6.65. The Morgan fingerprint density at radius 2 is 2.12 bits per heavy atom. The van der Waals surface area contributed by atoms with Gasteiger partial charge in [-0.2, -0.15) is 5.10 Å². The van der Waals surface area contributed by atoms with E-state index < -0.39 is 9.84 Å². The third-order valence-electron chi connectivity index (χ3n) is 4.74. The Balaban J connectivity index is 1.58. The van der Waals surface area contributed by atoms with Gasteiger partial charge in [0.05, 0.1) is 29.3 Å². The zero-order chi connectivity index (χ0) is 18.1. The number of nitrogens with zero attached hydrogens (tertiary/aromatic N) is 2. The number of aliphatic hydroxyl groups excluding tert-OH is 1. The average Bonchev–Trinajstić information content (AvgIpc) is 3.22. The van der Waals surface area contributed by atoms with E-state index in [0.717, 1.165) is 33.3 Å². The van der Waals surface area contributed by atoms with Crippen molar-refractivity contribution in [3.8, 4) is 11.1 Å². The maximum atomic E-state index is 11.6. The molecule has 1 aromatic carbocycles. The van der Waals surface area contributed by atoms with Crippen LogP contribution in [0.2, 0.25) is 0 Å². The lowest BCUT2D eigenvalue weighted by molar-refractivity contribution is 0.281. The van der Waals surface area contributed by atoms with Gasteiger partial charge in [-0.3, -0.25) is 10.1 Å². The third kappa shape index (κ3) is 3.48. The van der Waals surface area contributed by atoms with Crippen molar-refractivity contribution in [3.05, 3.63) is 47.9 Å². The SMILES string of the molecule is O=S1(=O)CCC(NCc2n[nH]c3ccc(-c4cncc(CO)c4)cc23)C1. The van der Waals surface area contributed by atoms with Crippen LogP contribution >= 0.6 is 0 Å². The van der Waals surface area contributed by atoms with Gasteiger partial charge in [-0.25, -0.2) is 8.42 Å². The quantitative estimate of drug-likeness (QED) is 0.625. The van der Waals surface area contributed by atoms with Crippen LogP contribution in [-0.2, 0) is 23.0 Å². The van der Waals surface area contributed by atoms with Crippen molar-refractivity contribution in [2.24, 2.45) is 0 Å². The molecule has 1 aliphatic heterocycles. The predicted octanol–water partition coefficient (Wildman–Crippen LogP) is 1.39. The lowest BCUT2D eigenvalue weighted by Crippen LogP contribution is -2.29. The zero-order valence-corrected chi connectivity index (χ0v) is 15.0. The summed E-state index contributed by atoms with van der Waals surface area (Å²) in [6, 6.07) is 7.89. The van der Waals surface area contributed by atoms with Crippen LogP contribution in [0, 0.1) is 0 Å². The van der Waals surface area contributed by atoms with Gasteiger partial charge in [0, 0.05) is 35.9 Å². The van der Waals surface area contributed by atoms with Gasteiger partial charge in [0.25, 0.3) is 0 Å². The molecule has 1 saturated heterocycles. The summed E-state index contributed by atoms with van der Waals surface area (Å²) in [5.74, 6) is 0.449. The summed E-state index contributed by atoms with van der Waals surface area (Å²) in [5.41, 5.74) is 4.47. The van der Waals surface area contributed by atoms with Crippen molar-refractivity contribution in [2.45, 2.75) is 25.6 Å². The number of nitrogens with one attached hydrogen (secondary N) is 2. The highest BCUT2D eigenvalue weighted by atomic mass is 32.2. The minimum absolute atomic E-state index is 0.0135. The number of fused-ring (bicyclic) bond motifs is 1. The summed E-state index contributed by atoms with van der Waals surface area (Å²) >= 11 is 0. The monoisotopic (exact) mass is 372 g/mol. The third-order valence-corrected chi connectivity index (χ3v) is 6.51. The van der Waals surface area contributed by atoms with E-state index in [1.165, 1.54) is 0 Å². The average molecular weight is 372 g/mol. The molecule has 3 aromatic rings. The highest BCUT2D eigenvalue weighted by Gasteiger charge is 2.27. The summed E-state index contributed by atoms with van der Waals surface area (Å²) in [7, 11) is -2.90. The van der Waals surface area contributed by atoms with Gasteiger partial charge < -0.3 is 10.4 Å². The number of sulfone groups is 1. The van der Waals surface area contributed by atoms with Crippen molar-refractivity contribution < 1.29 is 13.5 Å². The summed E-state index contributed by atoms with van der Waals surface area (Å²) in [6.45, 7) is 0.465. The molecule has 26 heavy (non-hydrogen) atoms. The van der Waals surface area contributed by atoms with Gasteiger partial charge >= 0.3 is 0 Å². The van der Waals surface area contributed by atoms with Crippen LogP contribution in [0.3, 0.4) is 0 Å². The normalized spacial score (nSPS) is 19.2. The van der Waals surface area contributed by atoms with Crippen LogP contribution in [0.25, 0.3) is 22.0 Å². The van der Waals surface area contributed by atoms with Gasteiger partial charge in [0.2, 0.25) is 0 Å². The minimum atomic E-state index is -2.90. The van der Waals surface area contributed by atoms with Gasteiger partial charge in [0.1, 0.15) is 0 Å². The summed E-state index contributed by atoms with van der Waals surface area (Å²) in [6.07, 6.45) is 4.06. The molecule has 1 fully saturated rings. The molecule has 0 saturated carbocycles. The molecule has 1 atom stereocenters. The van der Waals surface area contributed by atoms with Crippen molar-refractivity contribution in [2.75, 3.05) is 11.5 Å². The van der Waals surface area contributed by atoms with E-state index in [0.29, 0.717) is 13.0 Å². The second kappa shape index (κ2) is 6.79. The fourth-order valence-electron chi connectivity index (χ4n) is 3.31. The lowest BCUT2D eigenvalue weighted by Gasteiger charge is -2.09. The van der Waals surface area contributed by atoms with Crippen molar-refractivity contribution in [3.63, 3.8) is 0 Å². The number of benzene rings is 1. The number of pyridine rings is 1. The number of aliphatic hydroxyl groups is 1. The Morgan fingerprint density at radius 1 is 1.23 bits per heavy atom. The summed E-state index contributed by atoms with van der Waals surface area (Å²) in [4.78, 5) is 4.17. The van der Waals surface area contributed by atoms with Crippen LogP contribution in [-0.4, -0.2) is 46.3 Å². The molecule has 0 radical (unpaired) electrons. The van der Waals surface area contributed by atoms with E-state index in [9.17, 15) is 13.5 Å². The van der Waals surface area contributed by atoms with Crippen LogP contribution in [0.15, 0.2) is 36.7 Å². The largest absolute Gasteiger partial charge is 0.392 e. The number of aromatic nitrogens is 3. The Hall–Kier alpha value is -2.29. The van der Waals surface area contributed by atoms with Gasteiger partial charge in [-0.05, 0) is 35.7 Å². The first-order valence-corrected chi connectivity index (χ1v) is 10.3. The first-order chi connectivity index (χ1) is 12.5. The lowest BCUT2D eigenvalue weighted by atomic mass is 10.0. The molecule has 136 valence electrons. The molecular formula is C18H20N4O3S. The maximum Gasteiger partial charge on any atom is 0.151 e. The fourth-order valence-corrected chi connectivity index (χ4v) is 5.02. The zero-order valence-electron chi connectivity index (χ0n) is 14.1. The molecule has 7 nitrogen and oxygen atoms in total. The smallest absolute Gasteiger partial charge is 0.151 e. The van der Waals surface area contributed by atoms with Gasteiger partial charge in [-0.15, -0.1) is 0 Å². The molecule has 0 aliphatic carbocycles. The van der Waals surface area contributed by atoms with Crippen LogP contribution in [0.5, 0.6) is 0 Å². The van der Waals surface area contributed by atoms with E-state index in [-0.39, 0.29) is 24.2 Å². The van der Waals surface area contributed by atoms with E-state index >= 15 is 0 Å². The number of H-pyrrole nitrogens is 1. The number of hydrogen-bond acceptors (Lipinski definition) is 6. The Kier molecular flexibility index (Phi) is 4.47. The highest BCUT2D eigenvalue weighted by Crippen LogP contribution is 2.26. The first-order valence-electron chi connectivity index (χ1n) is 8.50. The number of rotatable bonds is 5. The van der Waals surface area contributed by atoms with Crippen molar-refractivity contribution in [1.29, 1.82) is 0 Å². The topological polar surface area (TPSA) is 108 Å². The van der Waals surface area contributed by atoms with Crippen LogP contribution in [0.1, 0.15) is 17.7 Å². The van der Waals surface area contributed by atoms with E-state index in [1.54, 1.807) is 12.4 Å². The van der Waals surface area contributed by atoms with E-state index in [2.05, 4.69) is 20.5 Å². The molecule has 2 aromatic heterocycles. The molecular weight excluding hydrogens is 352 g/mol. The maximum absolute atomic E-state index is 11.6. The number of aromatic amines is 1. The molecule has 1 aliphatic rings. The Labute approximate surface area is 151 Å². The highest BCUT2D eigenvalue weighted by molar-refractivity contribution is 7.91. The Bertz CT molecular complexity index is 1050. The minimum Gasteiger partial charge on any atom is -0.392 e. The summed E-state index contributed by atoms with van der Waals surface area (Å²) in [5, 5.41) is 21.0. The fraction of sp³-hybridized carbons (Fsp3) is 0.333. The van der Waals surface area contributed by atoms with Gasteiger partial charge in [-0.1, -0.05) is 6.07 Å². The molecule has 4 rings (SSSR count). The van der Waals surface area contributed by atoms with Crippen molar-refractivity contribution in [1.82, 2.24) is 20.5 Å². The number of hydrogen-bond donors (Lipinski definition) is 3. The van der Waals surface area contributed by atoms with E-state index in [1.807, 2.05) is 24.3 Å². The van der Waals surface area contributed by atoms with Crippen molar-refractivity contribution >= 4 is 20.7 Å². The molecule has 8 heteroatoms.